The highest BCUT2D eigenvalue weighted by molar-refractivity contribution is 14.0. The van der Waals surface area contributed by atoms with Crippen LogP contribution in [0.4, 0.5) is 0 Å². The number of nitrogens with one attached hydrogen (secondary N) is 2. The molecule has 0 amide bonds. The van der Waals surface area contributed by atoms with Crippen molar-refractivity contribution >= 4 is 41.3 Å². The summed E-state index contributed by atoms with van der Waals surface area (Å²) in [6.07, 6.45) is 0. The molecule has 1 aromatic heterocycles. The number of ether oxygens (including phenoxy) is 1. The van der Waals surface area contributed by atoms with Crippen LogP contribution in [0.3, 0.4) is 0 Å². The first-order valence-corrected chi connectivity index (χ1v) is 7.71. The van der Waals surface area contributed by atoms with Crippen molar-refractivity contribution in [1.82, 2.24) is 10.6 Å². The number of hydrogen-bond acceptors (Lipinski definition) is 3. The fourth-order valence-electron chi connectivity index (χ4n) is 1.90. The van der Waals surface area contributed by atoms with Crippen molar-refractivity contribution in [2.45, 2.75) is 20.0 Å². The van der Waals surface area contributed by atoms with Gasteiger partial charge in [-0.1, -0.05) is 12.1 Å². The van der Waals surface area contributed by atoms with Crippen LogP contribution in [0.5, 0.6) is 5.75 Å². The predicted molar refractivity (Wildman–Crippen MR) is 105 cm³/mol. The van der Waals surface area contributed by atoms with Crippen molar-refractivity contribution < 1.29 is 4.74 Å². The lowest BCUT2D eigenvalue weighted by molar-refractivity contribution is 0.414. The van der Waals surface area contributed by atoms with Gasteiger partial charge in [0, 0.05) is 18.5 Å². The molecule has 22 heavy (non-hydrogen) atoms. The third kappa shape index (κ3) is 5.49. The second-order valence-corrected chi connectivity index (χ2v) is 5.65. The van der Waals surface area contributed by atoms with E-state index in [1.807, 2.05) is 24.3 Å². The second kappa shape index (κ2) is 9.68. The van der Waals surface area contributed by atoms with Gasteiger partial charge in [-0.2, -0.15) is 0 Å². The lowest BCUT2D eigenvalue weighted by atomic mass is 10.2. The highest BCUT2D eigenvalue weighted by Gasteiger charge is 2.02. The zero-order valence-corrected chi connectivity index (χ0v) is 16.2. The van der Waals surface area contributed by atoms with Crippen molar-refractivity contribution in [3.05, 3.63) is 51.7 Å². The molecule has 120 valence electrons. The number of nitrogens with zero attached hydrogens (tertiary/aromatic N) is 1. The summed E-state index contributed by atoms with van der Waals surface area (Å²) in [7, 11) is 3.45. The lowest BCUT2D eigenvalue weighted by Crippen LogP contribution is -2.36. The number of methoxy groups -OCH3 is 1. The summed E-state index contributed by atoms with van der Waals surface area (Å²) in [4.78, 5) is 5.58. The monoisotopic (exact) mass is 431 g/mol. The molecule has 6 heteroatoms. The van der Waals surface area contributed by atoms with E-state index in [0.29, 0.717) is 0 Å². The Hall–Kier alpha value is -1.28. The van der Waals surface area contributed by atoms with Gasteiger partial charge in [0.05, 0.1) is 13.7 Å². The molecule has 0 saturated heterocycles. The van der Waals surface area contributed by atoms with Crippen LogP contribution in [0.25, 0.3) is 0 Å². The maximum atomic E-state index is 5.15. The molecule has 4 nitrogen and oxygen atoms in total. The molecule has 2 N–H and O–H groups in total. The number of aryl methyl sites for hydroxylation is 1. The van der Waals surface area contributed by atoms with E-state index >= 15 is 0 Å². The fourth-order valence-corrected chi connectivity index (χ4v) is 2.74. The van der Waals surface area contributed by atoms with Crippen LogP contribution in [0.15, 0.2) is 40.7 Å². The summed E-state index contributed by atoms with van der Waals surface area (Å²) in [6, 6.07) is 10.1. The number of aliphatic imine (C=N–C) groups is 1. The first kappa shape index (κ1) is 18.8. The second-order valence-electron chi connectivity index (χ2n) is 4.65. The maximum absolute atomic E-state index is 5.15. The molecule has 0 unspecified atom stereocenters. The molecular formula is C16H22IN3OS. The zero-order valence-electron chi connectivity index (χ0n) is 13.1. The molecule has 0 aliphatic carbocycles. The molecule has 0 bridgehead atoms. The molecule has 1 aromatic carbocycles. The SMILES string of the molecule is CN=C(NCc1ccc(OC)cc1)NCc1sccc1C.I. The average molecular weight is 431 g/mol. The summed E-state index contributed by atoms with van der Waals surface area (Å²) in [5.74, 6) is 1.67. The highest BCUT2D eigenvalue weighted by atomic mass is 127. The van der Waals surface area contributed by atoms with E-state index in [9.17, 15) is 0 Å². The molecule has 0 saturated carbocycles. The highest BCUT2D eigenvalue weighted by Crippen LogP contribution is 2.14. The van der Waals surface area contributed by atoms with Gasteiger partial charge in [0.15, 0.2) is 5.96 Å². The molecule has 0 aliphatic rings. The molecule has 0 spiro atoms. The summed E-state index contributed by atoms with van der Waals surface area (Å²) < 4.78 is 5.15. The molecule has 0 fully saturated rings. The minimum Gasteiger partial charge on any atom is -0.497 e. The van der Waals surface area contributed by atoms with Crippen LogP contribution in [0.1, 0.15) is 16.0 Å². The topological polar surface area (TPSA) is 45.7 Å². The Bertz CT molecular complexity index is 596. The first-order chi connectivity index (χ1) is 10.2. The van der Waals surface area contributed by atoms with E-state index in [-0.39, 0.29) is 24.0 Å². The number of benzene rings is 1. The van der Waals surface area contributed by atoms with Gasteiger partial charge >= 0.3 is 0 Å². The standard InChI is InChI=1S/C16H21N3OS.HI/c1-12-8-9-21-15(12)11-19-16(17-2)18-10-13-4-6-14(20-3)7-5-13;/h4-9H,10-11H2,1-3H3,(H2,17,18,19);1H. The smallest absolute Gasteiger partial charge is 0.191 e. The Kier molecular flexibility index (Phi) is 8.26. The Labute approximate surface area is 153 Å². The molecule has 0 radical (unpaired) electrons. The van der Waals surface area contributed by atoms with E-state index in [1.54, 1.807) is 25.5 Å². The third-order valence-electron chi connectivity index (χ3n) is 3.23. The van der Waals surface area contributed by atoms with Crippen molar-refractivity contribution in [3.63, 3.8) is 0 Å². The van der Waals surface area contributed by atoms with E-state index in [1.165, 1.54) is 16.0 Å². The molecular weight excluding hydrogens is 409 g/mol. The lowest BCUT2D eigenvalue weighted by Gasteiger charge is -2.12. The van der Waals surface area contributed by atoms with E-state index in [4.69, 9.17) is 4.74 Å². The average Bonchev–Trinajstić information content (AvgIpc) is 2.93. The minimum atomic E-state index is 0. The summed E-state index contributed by atoms with van der Waals surface area (Å²) in [6.45, 7) is 3.65. The van der Waals surface area contributed by atoms with Crippen LogP contribution in [0, 0.1) is 6.92 Å². The van der Waals surface area contributed by atoms with Gasteiger partial charge in [0.25, 0.3) is 0 Å². The number of guanidine groups is 1. The summed E-state index contributed by atoms with van der Waals surface area (Å²) in [5.41, 5.74) is 2.50. The van der Waals surface area contributed by atoms with Gasteiger partial charge in [0.1, 0.15) is 5.75 Å². The van der Waals surface area contributed by atoms with Crippen molar-refractivity contribution in [2.24, 2.45) is 4.99 Å². The number of hydrogen-bond donors (Lipinski definition) is 2. The van der Waals surface area contributed by atoms with E-state index in [0.717, 1.165) is 24.8 Å². The molecule has 2 aromatic rings. The van der Waals surface area contributed by atoms with Gasteiger partial charge in [-0.15, -0.1) is 35.3 Å². The largest absolute Gasteiger partial charge is 0.497 e. The molecule has 0 atom stereocenters. The van der Waals surface area contributed by atoms with Gasteiger partial charge in [-0.3, -0.25) is 4.99 Å². The number of thiophene rings is 1. The van der Waals surface area contributed by atoms with Crippen LogP contribution in [0.2, 0.25) is 0 Å². The van der Waals surface area contributed by atoms with Crippen molar-refractivity contribution in [1.29, 1.82) is 0 Å². The van der Waals surface area contributed by atoms with Crippen LogP contribution < -0.4 is 15.4 Å². The van der Waals surface area contributed by atoms with Crippen LogP contribution >= 0.6 is 35.3 Å². The van der Waals surface area contributed by atoms with Gasteiger partial charge in [-0.05, 0) is 41.6 Å². The van der Waals surface area contributed by atoms with Crippen molar-refractivity contribution in [3.8, 4) is 5.75 Å². The number of rotatable bonds is 5. The third-order valence-corrected chi connectivity index (χ3v) is 4.25. The maximum Gasteiger partial charge on any atom is 0.191 e. The van der Waals surface area contributed by atoms with Crippen molar-refractivity contribution in [2.75, 3.05) is 14.2 Å². The summed E-state index contributed by atoms with van der Waals surface area (Å²) >= 11 is 1.76. The van der Waals surface area contributed by atoms with Gasteiger partial charge in [-0.25, -0.2) is 0 Å². The normalized spacial score (nSPS) is 10.8. The van der Waals surface area contributed by atoms with Gasteiger partial charge < -0.3 is 15.4 Å². The van der Waals surface area contributed by atoms with E-state index in [2.05, 4.69) is 34.0 Å². The Balaban J connectivity index is 0.00000242. The van der Waals surface area contributed by atoms with E-state index < -0.39 is 0 Å². The molecule has 2 rings (SSSR count). The summed E-state index contributed by atoms with van der Waals surface area (Å²) in [5, 5.41) is 8.75. The van der Waals surface area contributed by atoms with Gasteiger partial charge in [0.2, 0.25) is 0 Å². The molecule has 1 heterocycles. The zero-order chi connectivity index (χ0) is 15.1. The Morgan fingerprint density at radius 1 is 1.14 bits per heavy atom. The minimum absolute atomic E-state index is 0. The first-order valence-electron chi connectivity index (χ1n) is 6.83. The van der Waals surface area contributed by atoms with Crippen LogP contribution in [-0.4, -0.2) is 20.1 Å². The predicted octanol–water partition coefficient (Wildman–Crippen LogP) is 3.55. The number of halogens is 1. The fraction of sp³-hybridized carbons (Fsp3) is 0.312. The molecule has 0 aliphatic heterocycles. The van der Waals surface area contributed by atoms with Crippen LogP contribution in [-0.2, 0) is 13.1 Å². The quantitative estimate of drug-likeness (QED) is 0.433. The Morgan fingerprint density at radius 2 is 1.82 bits per heavy atom. The Morgan fingerprint density at radius 3 is 2.36 bits per heavy atom.